The Morgan fingerprint density at radius 2 is 1.62 bits per heavy atom. The van der Waals surface area contributed by atoms with Crippen LogP contribution in [-0.4, -0.2) is 14.2 Å². The average molecular weight is 351 g/mol. The summed E-state index contributed by atoms with van der Waals surface area (Å²) in [6.45, 7) is 2.05. The normalized spacial score (nSPS) is 12.0. The van der Waals surface area contributed by atoms with E-state index >= 15 is 0 Å². The molecule has 0 aliphatic heterocycles. The van der Waals surface area contributed by atoms with Gasteiger partial charge < -0.3 is 9.47 Å². The zero-order valence-electron chi connectivity index (χ0n) is 12.3. The SMILES string of the molecule is COc1cccc(OC)c1C(NN)c1cccc(Br)c1C. The van der Waals surface area contributed by atoms with Gasteiger partial charge in [0.25, 0.3) is 0 Å². The summed E-state index contributed by atoms with van der Waals surface area (Å²) in [7, 11) is 3.28. The maximum atomic E-state index is 5.83. The van der Waals surface area contributed by atoms with Crippen LogP contribution in [0.25, 0.3) is 0 Å². The summed E-state index contributed by atoms with van der Waals surface area (Å²) in [6, 6.07) is 11.5. The number of methoxy groups -OCH3 is 2. The molecule has 0 aliphatic rings. The number of hydrogen-bond acceptors (Lipinski definition) is 4. The molecular weight excluding hydrogens is 332 g/mol. The number of hydrogen-bond donors (Lipinski definition) is 2. The largest absolute Gasteiger partial charge is 0.496 e. The first-order valence-electron chi connectivity index (χ1n) is 6.56. The van der Waals surface area contributed by atoms with E-state index in [0.29, 0.717) is 0 Å². The summed E-state index contributed by atoms with van der Waals surface area (Å²) < 4.78 is 12.0. The lowest BCUT2D eigenvalue weighted by molar-refractivity contribution is 0.377. The van der Waals surface area contributed by atoms with Crippen molar-refractivity contribution in [2.24, 2.45) is 5.84 Å². The monoisotopic (exact) mass is 350 g/mol. The van der Waals surface area contributed by atoms with Crippen molar-refractivity contribution >= 4 is 15.9 Å². The topological polar surface area (TPSA) is 56.5 Å². The van der Waals surface area contributed by atoms with E-state index in [0.717, 1.165) is 32.7 Å². The molecule has 1 unspecified atom stereocenters. The van der Waals surface area contributed by atoms with Crippen LogP contribution in [0.1, 0.15) is 22.7 Å². The molecule has 2 aromatic rings. The number of nitrogens with two attached hydrogens (primary N) is 1. The minimum atomic E-state index is -0.228. The van der Waals surface area contributed by atoms with E-state index in [9.17, 15) is 0 Å². The fourth-order valence-electron chi connectivity index (χ4n) is 2.43. The maximum absolute atomic E-state index is 5.83. The molecule has 2 rings (SSSR count). The van der Waals surface area contributed by atoms with Gasteiger partial charge in [-0.2, -0.15) is 0 Å². The standard InChI is InChI=1S/C16H19BrN2O2/c1-10-11(6-4-7-12(10)17)16(19-18)15-13(20-2)8-5-9-14(15)21-3/h4-9,16,19H,18H2,1-3H3. The fraction of sp³-hybridized carbons (Fsp3) is 0.250. The molecule has 0 aliphatic carbocycles. The third-order valence-corrected chi connectivity index (χ3v) is 4.40. The highest BCUT2D eigenvalue weighted by Gasteiger charge is 2.23. The predicted octanol–water partition coefficient (Wildman–Crippen LogP) is 3.33. The Hall–Kier alpha value is -1.56. The summed E-state index contributed by atoms with van der Waals surface area (Å²) in [5.74, 6) is 7.29. The summed E-state index contributed by atoms with van der Waals surface area (Å²) in [4.78, 5) is 0. The third-order valence-electron chi connectivity index (χ3n) is 3.54. The molecule has 21 heavy (non-hydrogen) atoms. The van der Waals surface area contributed by atoms with Gasteiger partial charge in [-0.1, -0.05) is 34.1 Å². The third kappa shape index (κ3) is 3.05. The summed E-state index contributed by atoms with van der Waals surface area (Å²) in [5, 5.41) is 0. The quantitative estimate of drug-likeness (QED) is 0.641. The van der Waals surface area contributed by atoms with Crippen molar-refractivity contribution < 1.29 is 9.47 Å². The summed E-state index contributed by atoms with van der Waals surface area (Å²) in [6.07, 6.45) is 0. The lowest BCUT2D eigenvalue weighted by Crippen LogP contribution is -2.30. The first-order valence-corrected chi connectivity index (χ1v) is 7.35. The molecule has 4 nitrogen and oxygen atoms in total. The van der Waals surface area contributed by atoms with Gasteiger partial charge in [0.2, 0.25) is 0 Å². The number of ether oxygens (including phenoxy) is 2. The smallest absolute Gasteiger partial charge is 0.127 e. The molecule has 0 heterocycles. The Morgan fingerprint density at radius 3 is 2.14 bits per heavy atom. The Kier molecular flexibility index (Phi) is 5.22. The highest BCUT2D eigenvalue weighted by Crippen LogP contribution is 2.38. The van der Waals surface area contributed by atoms with Crippen LogP contribution in [0.5, 0.6) is 11.5 Å². The zero-order valence-corrected chi connectivity index (χ0v) is 13.9. The van der Waals surface area contributed by atoms with Crippen LogP contribution < -0.4 is 20.7 Å². The molecular formula is C16H19BrN2O2. The van der Waals surface area contributed by atoms with Crippen molar-refractivity contribution in [3.05, 3.63) is 57.6 Å². The molecule has 0 saturated carbocycles. The summed E-state index contributed by atoms with van der Waals surface area (Å²) in [5.41, 5.74) is 5.94. The van der Waals surface area contributed by atoms with Gasteiger partial charge in [-0.05, 0) is 36.2 Å². The molecule has 0 saturated heterocycles. The highest BCUT2D eigenvalue weighted by molar-refractivity contribution is 9.10. The van der Waals surface area contributed by atoms with Crippen LogP contribution in [0.3, 0.4) is 0 Å². The van der Waals surface area contributed by atoms with E-state index in [2.05, 4.69) is 21.4 Å². The van der Waals surface area contributed by atoms with Gasteiger partial charge in [-0.15, -0.1) is 0 Å². The van der Waals surface area contributed by atoms with Crippen molar-refractivity contribution in [3.8, 4) is 11.5 Å². The Labute approximate surface area is 133 Å². The van der Waals surface area contributed by atoms with E-state index in [1.165, 1.54) is 0 Å². The molecule has 112 valence electrons. The van der Waals surface area contributed by atoms with E-state index in [1.54, 1.807) is 14.2 Å². The molecule has 0 aromatic heterocycles. The molecule has 1 atom stereocenters. The number of hydrazine groups is 1. The van der Waals surface area contributed by atoms with Gasteiger partial charge in [-0.25, -0.2) is 5.43 Å². The Morgan fingerprint density at radius 1 is 1.05 bits per heavy atom. The second-order valence-corrected chi connectivity index (χ2v) is 5.48. The minimum absolute atomic E-state index is 0.228. The van der Waals surface area contributed by atoms with Crippen LogP contribution in [-0.2, 0) is 0 Å². The molecule has 0 fully saturated rings. The maximum Gasteiger partial charge on any atom is 0.127 e. The van der Waals surface area contributed by atoms with Crippen molar-refractivity contribution in [2.45, 2.75) is 13.0 Å². The lowest BCUT2D eigenvalue weighted by atomic mass is 9.94. The first kappa shape index (κ1) is 15.8. The van der Waals surface area contributed by atoms with Crippen LogP contribution >= 0.6 is 15.9 Å². The van der Waals surface area contributed by atoms with Gasteiger partial charge in [0.1, 0.15) is 11.5 Å². The van der Waals surface area contributed by atoms with Crippen LogP contribution in [0.2, 0.25) is 0 Å². The number of rotatable bonds is 5. The fourth-order valence-corrected chi connectivity index (χ4v) is 2.81. The van der Waals surface area contributed by atoms with Crippen molar-refractivity contribution in [3.63, 3.8) is 0 Å². The van der Waals surface area contributed by atoms with Gasteiger partial charge in [0.15, 0.2) is 0 Å². The average Bonchev–Trinajstić information content (AvgIpc) is 2.52. The predicted molar refractivity (Wildman–Crippen MR) is 87.6 cm³/mol. The molecule has 0 radical (unpaired) electrons. The molecule has 0 amide bonds. The molecule has 0 spiro atoms. The van der Waals surface area contributed by atoms with Crippen molar-refractivity contribution in [1.29, 1.82) is 0 Å². The second-order valence-electron chi connectivity index (χ2n) is 4.63. The zero-order chi connectivity index (χ0) is 15.4. The number of nitrogens with one attached hydrogen (secondary N) is 1. The van der Waals surface area contributed by atoms with Crippen molar-refractivity contribution in [1.82, 2.24) is 5.43 Å². The lowest BCUT2D eigenvalue weighted by Gasteiger charge is -2.23. The molecule has 2 aromatic carbocycles. The van der Waals surface area contributed by atoms with Crippen LogP contribution in [0.15, 0.2) is 40.9 Å². The summed E-state index contributed by atoms with van der Waals surface area (Å²) >= 11 is 3.56. The van der Waals surface area contributed by atoms with Crippen molar-refractivity contribution in [2.75, 3.05) is 14.2 Å². The first-order chi connectivity index (χ1) is 10.1. The van der Waals surface area contributed by atoms with Gasteiger partial charge in [-0.3, -0.25) is 5.84 Å². The Bertz CT molecular complexity index is 609. The number of benzene rings is 2. The van der Waals surface area contributed by atoms with E-state index in [4.69, 9.17) is 15.3 Å². The van der Waals surface area contributed by atoms with E-state index in [-0.39, 0.29) is 6.04 Å². The van der Waals surface area contributed by atoms with Crippen LogP contribution in [0, 0.1) is 6.92 Å². The molecule has 0 bridgehead atoms. The van der Waals surface area contributed by atoms with E-state index < -0.39 is 0 Å². The molecule has 5 heteroatoms. The number of halogens is 1. The van der Waals surface area contributed by atoms with Gasteiger partial charge >= 0.3 is 0 Å². The highest BCUT2D eigenvalue weighted by atomic mass is 79.9. The van der Waals surface area contributed by atoms with Crippen LogP contribution in [0.4, 0.5) is 0 Å². The van der Waals surface area contributed by atoms with Gasteiger partial charge in [0, 0.05) is 4.47 Å². The second kappa shape index (κ2) is 6.93. The van der Waals surface area contributed by atoms with E-state index in [1.807, 2.05) is 43.3 Å². The van der Waals surface area contributed by atoms with Gasteiger partial charge in [0.05, 0.1) is 25.8 Å². The minimum Gasteiger partial charge on any atom is -0.496 e. The Balaban J connectivity index is 2.64. The molecule has 3 N–H and O–H groups in total.